The molecule has 1 fully saturated rings. The van der Waals surface area contributed by atoms with Crippen molar-refractivity contribution in [1.29, 1.82) is 0 Å². The molecule has 0 aliphatic heterocycles. The van der Waals surface area contributed by atoms with Gasteiger partial charge in [-0.1, -0.05) is 0 Å². The van der Waals surface area contributed by atoms with Crippen molar-refractivity contribution in [2.75, 3.05) is 0 Å². The van der Waals surface area contributed by atoms with Crippen LogP contribution >= 0.6 is 0 Å². The Morgan fingerprint density at radius 3 is 2.94 bits per heavy atom. The van der Waals surface area contributed by atoms with E-state index in [9.17, 15) is 9.90 Å². The van der Waals surface area contributed by atoms with Gasteiger partial charge in [0.2, 0.25) is 0 Å². The molecule has 0 bridgehead atoms. The molecule has 1 aromatic rings. The van der Waals surface area contributed by atoms with Gasteiger partial charge in [-0.2, -0.15) is 0 Å². The van der Waals surface area contributed by atoms with E-state index in [1.54, 1.807) is 6.33 Å². The molecule has 0 amide bonds. The van der Waals surface area contributed by atoms with Crippen LogP contribution in [0, 0.1) is 5.92 Å². The summed E-state index contributed by atoms with van der Waals surface area (Å²) in [6.45, 7) is 2.82. The van der Waals surface area contributed by atoms with Crippen molar-refractivity contribution in [2.45, 2.75) is 51.1 Å². The van der Waals surface area contributed by atoms with Crippen LogP contribution in [0.3, 0.4) is 0 Å². The quantitative estimate of drug-likeness (QED) is 0.832. The minimum absolute atomic E-state index is 0.248. The molecule has 0 radical (unpaired) electrons. The molecule has 0 aromatic carbocycles. The summed E-state index contributed by atoms with van der Waals surface area (Å²) in [5, 5.41) is 9.35. The molecule has 0 spiro atoms. The number of carbonyl (C=O) groups is 1. The fourth-order valence-electron chi connectivity index (χ4n) is 2.74. The van der Waals surface area contributed by atoms with E-state index in [4.69, 9.17) is 5.73 Å². The number of hydrogen-bond donors (Lipinski definition) is 2. The summed E-state index contributed by atoms with van der Waals surface area (Å²) >= 11 is 0. The van der Waals surface area contributed by atoms with Crippen LogP contribution < -0.4 is 5.73 Å². The number of aromatic nitrogens is 2. The van der Waals surface area contributed by atoms with E-state index in [1.807, 2.05) is 17.7 Å². The third-order valence-corrected chi connectivity index (χ3v) is 3.82. The number of aliphatic carboxylic acids is 1. The lowest BCUT2D eigenvalue weighted by Crippen LogP contribution is -2.18. The second kappa shape index (κ2) is 5.52. The van der Waals surface area contributed by atoms with Gasteiger partial charge < -0.3 is 15.4 Å². The molecule has 18 heavy (non-hydrogen) atoms. The zero-order valence-electron chi connectivity index (χ0n) is 10.7. The normalized spacial score (nSPS) is 25.2. The Hall–Kier alpha value is -1.36. The Kier molecular flexibility index (Phi) is 4.01. The Balaban J connectivity index is 2.06. The van der Waals surface area contributed by atoms with E-state index in [2.05, 4.69) is 4.98 Å². The van der Waals surface area contributed by atoms with E-state index in [1.165, 1.54) is 0 Å². The van der Waals surface area contributed by atoms with E-state index in [-0.39, 0.29) is 6.04 Å². The van der Waals surface area contributed by atoms with Crippen molar-refractivity contribution in [3.8, 4) is 0 Å². The van der Waals surface area contributed by atoms with Crippen LogP contribution in [-0.2, 0) is 11.3 Å². The number of nitrogens with two attached hydrogens (primary N) is 1. The number of nitrogens with zero attached hydrogens (tertiary/aromatic N) is 2. The van der Waals surface area contributed by atoms with Gasteiger partial charge in [-0.25, -0.2) is 4.98 Å². The minimum Gasteiger partial charge on any atom is -0.481 e. The van der Waals surface area contributed by atoms with Crippen LogP contribution in [0.2, 0.25) is 0 Å². The fraction of sp³-hybridized carbons (Fsp3) is 0.692. The molecule has 100 valence electrons. The van der Waals surface area contributed by atoms with E-state index < -0.39 is 11.9 Å². The number of imidazole rings is 1. The monoisotopic (exact) mass is 251 g/mol. The summed E-state index contributed by atoms with van der Waals surface area (Å²) in [4.78, 5) is 15.6. The molecule has 1 heterocycles. The average molecular weight is 251 g/mol. The summed E-state index contributed by atoms with van der Waals surface area (Å²) in [5.74, 6) is -0.849. The van der Waals surface area contributed by atoms with Crippen LogP contribution in [0.1, 0.15) is 44.2 Å². The van der Waals surface area contributed by atoms with Crippen molar-refractivity contribution in [2.24, 2.45) is 11.7 Å². The van der Waals surface area contributed by atoms with Gasteiger partial charge in [0.1, 0.15) is 5.92 Å². The second-order valence-corrected chi connectivity index (χ2v) is 5.19. The Bertz CT molecular complexity index is 416. The molecule has 5 heteroatoms. The topological polar surface area (TPSA) is 81.1 Å². The largest absolute Gasteiger partial charge is 0.481 e. The molecule has 5 nitrogen and oxygen atoms in total. The van der Waals surface area contributed by atoms with Gasteiger partial charge in [0.25, 0.3) is 0 Å². The first kappa shape index (κ1) is 13.1. The summed E-state index contributed by atoms with van der Waals surface area (Å²) in [6.07, 6.45) is 7.20. The summed E-state index contributed by atoms with van der Waals surface area (Å²) in [6, 6.07) is 0.248. The van der Waals surface area contributed by atoms with Crippen molar-refractivity contribution in [1.82, 2.24) is 9.55 Å². The SMILES string of the molecule is CCn1cnc(C(C[C@H]2CC[C@H](N)C2)C(=O)O)c1. The highest BCUT2D eigenvalue weighted by Gasteiger charge is 2.30. The molecular formula is C13H21N3O2. The Morgan fingerprint density at radius 2 is 2.44 bits per heavy atom. The van der Waals surface area contributed by atoms with Gasteiger partial charge in [-0.05, 0) is 38.5 Å². The Labute approximate surface area is 107 Å². The van der Waals surface area contributed by atoms with Crippen molar-refractivity contribution >= 4 is 5.97 Å². The number of carboxylic acid groups (broad SMARTS) is 1. The maximum absolute atomic E-state index is 11.4. The highest BCUT2D eigenvalue weighted by Crippen LogP contribution is 2.33. The molecule has 1 aliphatic carbocycles. The standard InChI is InChI=1S/C13H21N3O2/c1-2-16-7-12(15-8-16)11(13(17)18)6-9-3-4-10(14)5-9/h7-11H,2-6,14H2,1H3,(H,17,18)/t9-,10-,11?/m0/s1. The molecule has 1 aromatic heterocycles. The number of hydrogen-bond acceptors (Lipinski definition) is 3. The number of rotatable bonds is 5. The first-order valence-electron chi connectivity index (χ1n) is 6.60. The van der Waals surface area contributed by atoms with Crippen LogP contribution in [0.5, 0.6) is 0 Å². The molecule has 3 atom stereocenters. The van der Waals surface area contributed by atoms with Crippen molar-refractivity contribution < 1.29 is 9.90 Å². The van der Waals surface area contributed by atoms with Crippen LogP contribution in [0.25, 0.3) is 0 Å². The highest BCUT2D eigenvalue weighted by atomic mass is 16.4. The smallest absolute Gasteiger partial charge is 0.312 e. The van der Waals surface area contributed by atoms with Gasteiger partial charge in [-0.15, -0.1) is 0 Å². The molecule has 1 unspecified atom stereocenters. The van der Waals surface area contributed by atoms with Crippen LogP contribution in [0.15, 0.2) is 12.5 Å². The fourth-order valence-corrected chi connectivity index (χ4v) is 2.74. The number of carboxylic acids is 1. The van der Waals surface area contributed by atoms with Crippen LogP contribution in [-0.4, -0.2) is 26.7 Å². The first-order chi connectivity index (χ1) is 8.60. The summed E-state index contributed by atoms with van der Waals surface area (Å²) in [7, 11) is 0. The highest BCUT2D eigenvalue weighted by molar-refractivity contribution is 5.75. The van der Waals surface area contributed by atoms with Crippen molar-refractivity contribution in [3.05, 3.63) is 18.2 Å². The van der Waals surface area contributed by atoms with Gasteiger partial charge in [-0.3, -0.25) is 4.79 Å². The third-order valence-electron chi connectivity index (χ3n) is 3.82. The minimum atomic E-state index is -0.781. The maximum atomic E-state index is 11.4. The summed E-state index contributed by atoms with van der Waals surface area (Å²) < 4.78 is 1.91. The van der Waals surface area contributed by atoms with Gasteiger partial charge in [0, 0.05) is 18.8 Å². The zero-order chi connectivity index (χ0) is 13.1. The van der Waals surface area contributed by atoms with Gasteiger partial charge in [0.15, 0.2) is 0 Å². The Morgan fingerprint density at radius 1 is 1.67 bits per heavy atom. The first-order valence-corrected chi connectivity index (χ1v) is 6.60. The molecule has 2 rings (SSSR count). The lowest BCUT2D eigenvalue weighted by atomic mass is 9.91. The van der Waals surface area contributed by atoms with E-state index in [0.717, 1.165) is 25.8 Å². The predicted octanol–water partition coefficient (Wildman–Crippen LogP) is 1.59. The van der Waals surface area contributed by atoms with E-state index >= 15 is 0 Å². The second-order valence-electron chi connectivity index (χ2n) is 5.19. The van der Waals surface area contributed by atoms with Gasteiger partial charge in [0.05, 0.1) is 12.0 Å². The van der Waals surface area contributed by atoms with E-state index in [0.29, 0.717) is 18.0 Å². The average Bonchev–Trinajstić information content (AvgIpc) is 2.94. The maximum Gasteiger partial charge on any atom is 0.312 e. The lowest BCUT2D eigenvalue weighted by molar-refractivity contribution is -0.139. The summed E-state index contributed by atoms with van der Waals surface area (Å²) in [5.41, 5.74) is 6.55. The molecule has 1 aliphatic rings. The zero-order valence-corrected chi connectivity index (χ0v) is 10.7. The van der Waals surface area contributed by atoms with Crippen molar-refractivity contribution in [3.63, 3.8) is 0 Å². The van der Waals surface area contributed by atoms with Crippen LogP contribution in [0.4, 0.5) is 0 Å². The molecule has 3 N–H and O–H groups in total. The molecular weight excluding hydrogens is 230 g/mol. The molecule has 1 saturated carbocycles. The lowest BCUT2D eigenvalue weighted by Gasteiger charge is -2.15. The number of aryl methyl sites for hydroxylation is 1. The molecule has 0 saturated heterocycles. The van der Waals surface area contributed by atoms with Gasteiger partial charge >= 0.3 is 5.97 Å². The predicted molar refractivity (Wildman–Crippen MR) is 68.2 cm³/mol. The third kappa shape index (κ3) is 2.90.